The third-order valence-corrected chi connectivity index (χ3v) is 7.18. The lowest BCUT2D eigenvalue weighted by Gasteiger charge is -2.28. The lowest BCUT2D eigenvalue weighted by Crippen LogP contribution is -2.44. The van der Waals surface area contributed by atoms with Crippen LogP contribution >= 0.6 is 0 Å². The normalized spacial score (nSPS) is 13.9. The van der Waals surface area contributed by atoms with E-state index in [1.54, 1.807) is 48.5 Å². The molecule has 0 saturated heterocycles. The number of hydrogen-bond donors (Lipinski definition) is 2. The van der Waals surface area contributed by atoms with Crippen molar-refractivity contribution in [2.75, 3.05) is 25.0 Å². The molecule has 0 radical (unpaired) electrons. The maximum atomic E-state index is 13.7. The minimum atomic E-state index is -4.54. The second kappa shape index (κ2) is 11.0. The first-order valence-electron chi connectivity index (χ1n) is 12.9. The zero-order chi connectivity index (χ0) is 28.4. The van der Waals surface area contributed by atoms with E-state index in [1.165, 1.54) is 0 Å². The lowest BCUT2D eigenvalue weighted by molar-refractivity contribution is -0.161. The van der Waals surface area contributed by atoms with Crippen LogP contribution in [0, 0.1) is 6.92 Å². The second-order valence-corrected chi connectivity index (χ2v) is 9.78. The number of hydrogen-bond acceptors (Lipinski definition) is 3. The molecule has 0 saturated carbocycles. The number of nitrogens with zero attached hydrogens (tertiary/aromatic N) is 1. The third kappa shape index (κ3) is 5.35. The molecule has 0 aromatic heterocycles. The Morgan fingerprint density at radius 2 is 1.50 bits per heavy atom. The predicted molar refractivity (Wildman–Crippen MR) is 150 cm³/mol. The van der Waals surface area contributed by atoms with E-state index in [-0.39, 0.29) is 19.0 Å². The van der Waals surface area contributed by atoms with Crippen LogP contribution in [0.2, 0.25) is 0 Å². The zero-order valence-electron chi connectivity index (χ0n) is 21.8. The van der Waals surface area contributed by atoms with Gasteiger partial charge in [0.05, 0.1) is 5.92 Å². The van der Waals surface area contributed by atoms with Gasteiger partial charge in [0.2, 0.25) is 5.91 Å². The van der Waals surface area contributed by atoms with Gasteiger partial charge in [-0.3, -0.25) is 9.59 Å². The standard InChI is InChI=1S/C32H28F3N3O2/c1-20-24(21-11-13-23(14-12-21)37-30(39)22-7-3-2-4-8-22)15-16-27-25-9-5-6-10-26(25)29(28(20)27)31(40)38(18-17-36)19-32(33,34)35/h2-16,29H,17-19,36H2,1H3,(H,37,39). The summed E-state index contributed by atoms with van der Waals surface area (Å²) in [5.74, 6) is -1.71. The fourth-order valence-electron chi connectivity index (χ4n) is 5.40. The summed E-state index contributed by atoms with van der Waals surface area (Å²) in [5.41, 5.74) is 12.3. The Labute approximate surface area is 230 Å². The van der Waals surface area contributed by atoms with Crippen molar-refractivity contribution in [3.05, 3.63) is 113 Å². The van der Waals surface area contributed by atoms with Gasteiger partial charge >= 0.3 is 6.18 Å². The van der Waals surface area contributed by atoms with Gasteiger partial charge in [-0.1, -0.05) is 66.7 Å². The van der Waals surface area contributed by atoms with Crippen molar-refractivity contribution in [2.45, 2.75) is 19.0 Å². The Hall–Kier alpha value is -4.43. The van der Waals surface area contributed by atoms with Crippen LogP contribution in [0.15, 0.2) is 91.0 Å². The molecule has 1 aliphatic carbocycles. The van der Waals surface area contributed by atoms with Crippen LogP contribution in [0.5, 0.6) is 0 Å². The maximum absolute atomic E-state index is 13.7. The fourth-order valence-corrected chi connectivity index (χ4v) is 5.40. The van der Waals surface area contributed by atoms with Gasteiger partial charge in [0.1, 0.15) is 6.54 Å². The van der Waals surface area contributed by atoms with E-state index in [9.17, 15) is 22.8 Å². The molecule has 4 aromatic rings. The average molecular weight is 544 g/mol. The van der Waals surface area contributed by atoms with Gasteiger partial charge in [-0.2, -0.15) is 13.2 Å². The number of halogens is 3. The number of alkyl halides is 3. The maximum Gasteiger partial charge on any atom is 0.406 e. The van der Waals surface area contributed by atoms with Crippen molar-refractivity contribution in [3.63, 3.8) is 0 Å². The van der Waals surface area contributed by atoms with E-state index in [1.807, 2.05) is 49.4 Å². The highest BCUT2D eigenvalue weighted by Crippen LogP contribution is 2.49. The molecule has 0 spiro atoms. The van der Waals surface area contributed by atoms with Crippen molar-refractivity contribution in [2.24, 2.45) is 5.73 Å². The van der Waals surface area contributed by atoms with E-state index in [0.29, 0.717) is 22.4 Å². The largest absolute Gasteiger partial charge is 0.406 e. The summed E-state index contributed by atoms with van der Waals surface area (Å²) in [6.45, 7) is 0.269. The van der Waals surface area contributed by atoms with Crippen LogP contribution in [0.25, 0.3) is 22.3 Å². The van der Waals surface area contributed by atoms with E-state index in [2.05, 4.69) is 5.32 Å². The first kappa shape index (κ1) is 27.1. The van der Waals surface area contributed by atoms with E-state index in [0.717, 1.165) is 32.7 Å². The summed E-state index contributed by atoms with van der Waals surface area (Å²) in [6, 6.07) is 27.5. The highest BCUT2D eigenvalue weighted by atomic mass is 19.4. The molecule has 2 amide bonds. The SMILES string of the molecule is Cc1c(-c2ccc(NC(=O)c3ccccc3)cc2)ccc2c1C(C(=O)N(CCN)CC(F)(F)F)c1ccccc1-2. The Morgan fingerprint density at radius 1 is 0.850 bits per heavy atom. The molecule has 1 atom stereocenters. The van der Waals surface area contributed by atoms with Crippen molar-refractivity contribution in [1.82, 2.24) is 4.90 Å². The first-order chi connectivity index (χ1) is 19.2. The zero-order valence-corrected chi connectivity index (χ0v) is 21.8. The van der Waals surface area contributed by atoms with Crippen LogP contribution in [-0.4, -0.2) is 42.5 Å². The number of carbonyl (C=O) groups excluding carboxylic acids is 2. The van der Waals surface area contributed by atoms with Gasteiger partial charge < -0.3 is 16.0 Å². The molecule has 3 N–H and O–H groups in total. The number of amides is 2. The molecule has 0 fully saturated rings. The number of benzene rings is 4. The van der Waals surface area contributed by atoms with Gasteiger partial charge in [-0.15, -0.1) is 0 Å². The summed E-state index contributed by atoms with van der Waals surface area (Å²) in [6.07, 6.45) is -4.54. The summed E-state index contributed by atoms with van der Waals surface area (Å²) >= 11 is 0. The molecular formula is C32H28F3N3O2. The first-order valence-corrected chi connectivity index (χ1v) is 12.9. The third-order valence-electron chi connectivity index (χ3n) is 7.18. The quantitative estimate of drug-likeness (QED) is 0.284. The van der Waals surface area contributed by atoms with Crippen LogP contribution in [0.1, 0.15) is 33.0 Å². The Morgan fingerprint density at radius 3 is 2.17 bits per heavy atom. The molecule has 0 heterocycles. The predicted octanol–water partition coefficient (Wildman–Crippen LogP) is 6.38. The Balaban J connectivity index is 1.50. The Kier molecular flexibility index (Phi) is 7.45. The van der Waals surface area contributed by atoms with E-state index >= 15 is 0 Å². The number of nitrogens with one attached hydrogen (secondary N) is 1. The minimum absolute atomic E-state index is 0.0742. The molecule has 8 heteroatoms. The number of rotatable bonds is 7. The number of carbonyl (C=O) groups is 2. The highest BCUT2D eigenvalue weighted by Gasteiger charge is 2.41. The number of nitrogens with two attached hydrogens (primary N) is 1. The summed E-state index contributed by atoms with van der Waals surface area (Å²) in [5, 5.41) is 2.88. The smallest absolute Gasteiger partial charge is 0.332 e. The monoisotopic (exact) mass is 543 g/mol. The molecule has 204 valence electrons. The van der Waals surface area contributed by atoms with Crippen LogP contribution < -0.4 is 11.1 Å². The van der Waals surface area contributed by atoms with Crippen molar-refractivity contribution in [1.29, 1.82) is 0 Å². The van der Waals surface area contributed by atoms with E-state index < -0.39 is 24.5 Å². The molecule has 5 nitrogen and oxygen atoms in total. The number of fused-ring (bicyclic) bond motifs is 3. The van der Waals surface area contributed by atoms with Crippen molar-refractivity contribution in [3.8, 4) is 22.3 Å². The highest BCUT2D eigenvalue weighted by molar-refractivity contribution is 6.04. The molecule has 0 bridgehead atoms. The summed E-state index contributed by atoms with van der Waals surface area (Å²) in [7, 11) is 0. The molecule has 1 aliphatic rings. The molecule has 40 heavy (non-hydrogen) atoms. The van der Waals surface area contributed by atoms with Gasteiger partial charge in [0, 0.05) is 24.3 Å². The van der Waals surface area contributed by atoms with Crippen molar-refractivity contribution < 1.29 is 22.8 Å². The molecular weight excluding hydrogens is 515 g/mol. The molecule has 1 unspecified atom stereocenters. The summed E-state index contributed by atoms with van der Waals surface area (Å²) in [4.78, 5) is 27.1. The van der Waals surface area contributed by atoms with Gasteiger partial charge in [0.15, 0.2) is 0 Å². The lowest BCUT2D eigenvalue weighted by atomic mass is 9.87. The van der Waals surface area contributed by atoms with Crippen LogP contribution in [0.3, 0.4) is 0 Å². The fraction of sp³-hybridized carbons (Fsp3) is 0.188. The topological polar surface area (TPSA) is 75.4 Å². The van der Waals surface area contributed by atoms with Gasteiger partial charge in [0.25, 0.3) is 5.91 Å². The Bertz CT molecular complexity index is 1550. The molecule has 4 aromatic carbocycles. The van der Waals surface area contributed by atoms with E-state index in [4.69, 9.17) is 5.73 Å². The number of anilines is 1. The van der Waals surface area contributed by atoms with Crippen LogP contribution in [-0.2, 0) is 4.79 Å². The minimum Gasteiger partial charge on any atom is -0.332 e. The molecule has 5 rings (SSSR count). The van der Waals surface area contributed by atoms with Gasteiger partial charge in [-0.05, 0) is 70.1 Å². The molecule has 0 aliphatic heterocycles. The second-order valence-electron chi connectivity index (χ2n) is 9.78. The summed E-state index contributed by atoms with van der Waals surface area (Å²) < 4.78 is 40.1. The van der Waals surface area contributed by atoms with Crippen molar-refractivity contribution >= 4 is 17.5 Å². The average Bonchev–Trinajstić information content (AvgIpc) is 3.28. The van der Waals surface area contributed by atoms with Crippen LogP contribution in [0.4, 0.5) is 18.9 Å². The van der Waals surface area contributed by atoms with Gasteiger partial charge in [-0.25, -0.2) is 0 Å².